The number of hydrogen-bond donors (Lipinski definition) is 2. The van der Waals surface area contributed by atoms with Gasteiger partial charge >= 0.3 is 0 Å². The van der Waals surface area contributed by atoms with Crippen LogP contribution in [0.5, 0.6) is 0 Å². The van der Waals surface area contributed by atoms with E-state index < -0.39 is 0 Å². The minimum Gasteiger partial charge on any atom is -0.368 e. The molecule has 0 saturated carbocycles. The van der Waals surface area contributed by atoms with Crippen molar-refractivity contribution in [2.45, 2.75) is 26.9 Å². The lowest BCUT2D eigenvalue weighted by Crippen LogP contribution is -2.21. The number of nitrogens with one attached hydrogen (secondary N) is 1. The van der Waals surface area contributed by atoms with Gasteiger partial charge < -0.3 is 11.1 Å². The molecular weight excluding hydrogens is 388 g/mol. The third kappa shape index (κ3) is 4.87. The predicted molar refractivity (Wildman–Crippen MR) is 122 cm³/mol. The van der Waals surface area contributed by atoms with E-state index in [2.05, 4.69) is 44.2 Å². The minimum absolute atomic E-state index is 0.195. The standard InChI is InChI=1S/C23H26N8/c1-16-20(17(2)31(29-16)19-12-8-5-9-13-19)14-30(3)15-21-26-22(24)28-23(27-21)25-18-10-6-4-7-11-18/h4-13H,14-15H2,1-3H3,(H3,24,25,26,27,28). The monoisotopic (exact) mass is 414 g/mol. The smallest absolute Gasteiger partial charge is 0.232 e. The van der Waals surface area contributed by atoms with Crippen LogP contribution in [0.2, 0.25) is 0 Å². The first kappa shape index (κ1) is 20.5. The number of nitrogens with two attached hydrogens (primary N) is 1. The second-order valence-electron chi connectivity index (χ2n) is 7.49. The first-order valence-electron chi connectivity index (χ1n) is 10.1. The second-order valence-corrected chi connectivity index (χ2v) is 7.49. The van der Waals surface area contributed by atoms with Crippen molar-refractivity contribution in [2.75, 3.05) is 18.1 Å². The Balaban J connectivity index is 1.49. The average Bonchev–Trinajstić information content (AvgIpc) is 3.03. The topological polar surface area (TPSA) is 97.8 Å². The Bertz CT molecular complexity index is 1160. The lowest BCUT2D eigenvalue weighted by Gasteiger charge is -2.17. The molecule has 0 aliphatic rings. The summed E-state index contributed by atoms with van der Waals surface area (Å²) in [7, 11) is 2.03. The van der Waals surface area contributed by atoms with Crippen LogP contribution in [0.3, 0.4) is 0 Å². The van der Waals surface area contributed by atoms with Crippen LogP contribution in [0.4, 0.5) is 17.6 Å². The molecular formula is C23H26N8. The summed E-state index contributed by atoms with van der Waals surface area (Å²) < 4.78 is 1.99. The van der Waals surface area contributed by atoms with Gasteiger partial charge in [-0.3, -0.25) is 4.90 Å². The molecule has 2 aromatic heterocycles. The maximum Gasteiger partial charge on any atom is 0.232 e. The van der Waals surface area contributed by atoms with E-state index in [1.807, 2.05) is 67.2 Å². The summed E-state index contributed by atoms with van der Waals surface area (Å²) in [4.78, 5) is 15.2. The summed E-state index contributed by atoms with van der Waals surface area (Å²) in [5.41, 5.74) is 11.2. The molecule has 0 aliphatic heterocycles. The third-order valence-electron chi connectivity index (χ3n) is 5.01. The number of aryl methyl sites for hydroxylation is 1. The molecule has 0 fully saturated rings. The highest BCUT2D eigenvalue weighted by Crippen LogP contribution is 2.20. The molecule has 3 N–H and O–H groups in total. The molecule has 0 radical (unpaired) electrons. The van der Waals surface area contributed by atoms with Crippen LogP contribution in [0, 0.1) is 13.8 Å². The second kappa shape index (κ2) is 8.93. The first-order chi connectivity index (χ1) is 15.0. The van der Waals surface area contributed by atoms with Gasteiger partial charge in [-0.1, -0.05) is 36.4 Å². The van der Waals surface area contributed by atoms with Gasteiger partial charge in [0.15, 0.2) is 0 Å². The quantitative estimate of drug-likeness (QED) is 0.476. The molecule has 0 spiro atoms. The molecule has 4 aromatic rings. The van der Waals surface area contributed by atoms with E-state index in [9.17, 15) is 0 Å². The van der Waals surface area contributed by atoms with Gasteiger partial charge in [-0.2, -0.15) is 20.1 Å². The molecule has 0 atom stereocenters. The highest BCUT2D eigenvalue weighted by Gasteiger charge is 2.16. The highest BCUT2D eigenvalue weighted by atomic mass is 15.3. The van der Waals surface area contributed by atoms with Crippen LogP contribution in [-0.2, 0) is 13.1 Å². The number of hydrogen-bond acceptors (Lipinski definition) is 7. The van der Waals surface area contributed by atoms with Crippen LogP contribution in [0.1, 0.15) is 22.8 Å². The summed E-state index contributed by atoms with van der Waals surface area (Å²) >= 11 is 0. The maximum absolute atomic E-state index is 5.92. The van der Waals surface area contributed by atoms with Crippen molar-refractivity contribution in [1.29, 1.82) is 0 Å². The Labute approximate surface area is 181 Å². The molecule has 31 heavy (non-hydrogen) atoms. The largest absolute Gasteiger partial charge is 0.368 e. The van der Waals surface area contributed by atoms with Crippen molar-refractivity contribution < 1.29 is 0 Å². The lowest BCUT2D eigenvalue weighted by atomic mass is 10.2. The van der Waals surface area contributed by atoms with Gasteiger partial charge in [-0.05, 0) is 45.2 Å². The molecule has 0 unspecified atom stereocenters. The fourth-order valence-electron chi connectivity index (χ4n) is 3.51. The first-order valence-corrected chi connectivity index (χ1v) is 10.1. The molecule has 158 valence electrons. The van der Waals surface area contributed by atoms with Gasteiger partial charge in [0.05, 0.1) is 17.9 Å². The van der Waals surface area contributed by atoms with Crippen molar-refractivity contribution in [2.24, 2.45) is 0 Å². The molecule has 0 aliphatic carbocycles. The fraction of sp³-hybridized carbons (Fsp3) is 0.217. The number of nitrogen functional groups attached to an aromatic ring is 1. The fourth-order valence-corrected chi connectivity index (χ4v) is 3.51. The van der Waals surface area contributed by atoms with Crippen LogP contribution >= 0.6 is 0 Å². The van der Waals surface area contributed by atoms with Crippen molar-refractivity contribution in [1.82, 2.24) is 29.6 Å². The Hall–Kier alpha value is -3.78. The number of benzene rings is 2. The average molecular weight is 415 g/mol. The predicted octanol–water partition coefficient (Wildman–Crippen LogP) is 3.63. The van der Waals surface area contributed by atoms with E-state index in [0.29, 0.717) is 18.3 Å². The van der Waals surface area contributed by atoms with Crippen molar-refractivity contribution in [3.05, 3.63) is 83.4 Å². The lowest BCUT2D eigenvalue weighted by molar-refractivity contribution is 0.309. The van der Waals surface area contributed by atoms with Crippen LogP contribution in [0.15, 0.2) is 60.7 Å². The normalized spacial score (nSPS) is 11.1. The Kier molecular flexibility index (Phi) is 5.90. The van der Waals surface area contributed by atoms with Crippen LogP contribution < -0.4 is 11.1 Å². The van der Waals surface area contributed by atoms with E-state index >= 15 is 0 Å². The van der Waals surface area contributed by atoms with E-state index in [1.165, 1.54) is 5.56 Å². The summed E-state index contributed by atoms with van der Waals surface area (Å²) in [5, 5.41) is 7.91. The van der Waals surface area contributed by atoms with Crippen LogP contribution in [0.25, 0.3) is 5.69 Å². The van der Waals surface area contributed by atoms with Crippen LogP contribution in [-0.4, -0.2) is 36.7 Å². The Morgan fingerprint density at radius 2 is 1.58 bits per heavy atom. The van der Waals surface area contributed by atoms with Gasteiger partial charge in [0.2, 0.25) is 11.9 Å². The minimum atomic E-state index is 0.195. The zero-order valence-electron chi connectivity index (χ0n) is 17.9. The SMILES string of the molecule is Cc1nn(-c2ccccc2)c(C)c1CN(C)Cc1nc(N)nc(Nc2ccccc2)n1. The van der Waals surface area contributed by atoms with Gasteiger partial charge in [-0.25, -0.2) is 4.68 Å². The zero-order chi connectivity index (χ0) is 21.8. The molecule has 2 heterocycles. The summed E-state index contributed by atoms with van der Waals surface area (Å²) in [6.07, 6.45) is 0. The third-order valence-corrected chi connectivity index (χ3v) is 5.01. The maximum atomic E-state index is 5.92. The molecule has 0 saturated heterocycles. The van der Waals surface area contributed by atoms with Crippen molar-refractivity contribution in [3.63, 3.8) is 0 Å². The molecule has 4 rings (SSSR count). The van der Waals surface area contributed by atoms with E-state index in [1.54, 1.807) is 0 Å². The van der Waals surface area contributed by atoms with Crippen molar-refractivity contribution >= 4 is 17.6 Å². The number of para-hydroxylation sites is 2. The Morgan fingerprint density at radius 3 is 2.29 bits per heavy atom. The highest BCUT2D eigenvalue weighted by molar-refractivity contribution is 5.53. The Morgan fingerprint density at radius 1 is 0.903 bits per heavy atom. The van der Waals surface area contributed by atoms with E-state index in [-0.39, 0.29) is 5.95 Å². The number of rotatable bonds is 7. The molecule has 2 aromatic carbocycles. The zero-order valence-corrected chi connectivity index (χ0v) is 17.9. The number of aromatic nitrogens is 5. The van der Waals surface area contributed by atoms with Gasteiger partial charge in [0.1, 0.15) is 5.82 Å². The van der Waals surface area contributed by atoms with E-state index in [4.69, 9.17) is 10.8 Å². The summed E-state index contributed by atoms with van der Waals surface area (Å²) in [6.45, 7) is 5.39. The van der Waals surface area contributed by atoms with Crippen molar-refractivity contribution in [3.8, 4) is 5.69 Å². The summed E-state index contributed by atoms with van der Waals surface area (Å²) in [6, 6.07) is 19.9. The number of anilines is 3. The summed E-state index contributed by atoms with van der Waals surface area (Å²) in [5.74, 6) is 1.24. The van der Waals surface area contributed by atoms with Gasteiger partial charge in [0, 0.05) is 23.5 Å². The van der Waals surface area contributed by atoms with Gasteiger partial charge in [-0.15, -0.1) is 0 Å². The number of nitrogens with zero attached hydrogens (tertiary/aromatic N) is 6. The van der Waals surface area contributed by atoms with Gasteiger partial charge in [0.25, 0.3) is 0 Å². The molecule has 0 amide bonds. The molecule has 8 nitrogen and oxygen atoms in total. The molecule has 8 heteroatoms. The molecule has 0 bridgehead atoms. The van der Waals surface area contributed by atoms with E-state index in [0.717, 1.165) is 29.3 Å².